The van der Waals surface area contributed by atoms with Gasteiger partial charge in [0.25, 0.3) is 16.0 Å². The van der Waals surface area contributed by atoms with E-state index in [1.807, 2.05) is 0 Å². The molecule has 0 bridgehead atoms. The van der Waals surface area contributed by atoms with Gasteiger partial charge >= 0.3 is 5.97 Å². The molecule has 16 nitrogen and oxygen atoms in total. The second kappa shape index (κ2) is 13.5. The van der Waals surface area contributed by atoms with Crippen molar-refractivity contribution in [2.24, 2.45) is 0 Å². The Morgan fingerprint density at radius 3 is 2.35 bits per heavy atom. The third-order valence-corrected chi connectivity index (χ3v) is 7.63. The Morgan fingerprint density at radius 1 is 0.891 bits per heavy atom. The maximum Gasteiger partial charge on any atom is 0.337 e. The lowest BCUT2D eigenvalue weighted by atomic mass is 10.1. The SMILES string of the molecule is O=C(Nc1cc(S(=O)(=O)O)cc2cc(SOOO)cc(O)c12)c1cccc(Nc2nc(Cl)nc(Nc3ccccc3C(=O)O)n2)c1. The summed E-state index contributed by atoms with van der Waals surface area (Å²) in [5, 5.41) is 40.2. The summed E-state index contributed by atoms with van der Waals surface area (Å²) in [6.45, 7) is 0. The van der Waals surface area contributed by atoms with Crippen LogP contribution in [-0.4, -0.2) is 55.3 Å². The molecule has 0 atom stereocenters. The van der Waals surface area contributed by atoms with E-state index in [-0.39, 0.29) is 55.3 Å². The number of aromatic hydroxyl groups is 1. The van der Waals surface area contributed by atoms with Gasteiger partial charge in [-0.05, 0) is 71.6 Å². The van der Waals surface area contributed by atoms with Crippen LogP contribution in [0.2, 0.25) is 5.28 Å². The first-order chi connectivity index (χ1) is 21.9. The lowest BCUT2D eigenvalue weighted by Crippen LogP contribution is -2.13. The van der Waals surface area contributed by atoms with E-state index in [1.54, 1.807) is 18.2 Å². The highest BCUT2D eigenvalue weighted by Gasteiger charge is 2.19. The molecule has 0 aliphatic rings. The molecule has 46 heavy (non-hydrogen) atoms. The Labute approximate surface area is 267 Å². The number of aromatic carboxylic acids is 1. The maximum absolute atomic E-state index is 13.3. The Kier molecular flexibility index (Phi) is 9.49. The number of halogens is 1. The lowest BCUT2D eigenvalue weighted by molar-refractivity contribution is -0.432. The molecule has 0 radical (unpaired) electrons. The number of hydrogen-bond acceptors (Lipinski definition) is 14. The van der Waals surface area contributed by atoms with Gasteiger partial charge in [0.1, 0.15) is 5.75 Å². The number of carbonyl (C=O) groups is 2. The van der Waals surface area contributed by atoms with Gasteiger partial charge in [-0.1, -0.05) is 23.2 Å². The molecule has 0 aliphatic carbocycles. The average Bonchev–Trinajstić information content (AvgIpc) is 2.99. The minimum absolute atomic E-state index is 0.0277. The van der Waals surface area contributed by atoms with Crippen molar-refractivity contribution in [1.82, 2.24) is 15.0 Å². The number of phenolic OH excluding ortho intramolecular Hbond substituents is 1. The number of carboxylic acids is 1. The molecule has 1 amide bonds. The molecular formula is C27H19ClN6O10S2. The number of para-hydroxylation sites is 1. The fourth-order valence-corrected chi connectivity index (χ4v) is 5.36. The number of benzene rings is 4. The van der Waals surface area contributed by atoms with Crippen LogP contribution in [-0.2, 0) is 19.5 Å². The molecule has 19 heteroatoms. The van der Waals surface area contributed by atoms with Crippen LogP contribution in [0.5, 0.6) is 5.75 Å². The van der Waals surface area contributed by atoms with Crippen LogP contribution in [0, 0.1) is 0 Å². The predicted octanol–water partition coefficient (Wildman–Crippen LogP) is 5.50. The second-order valence-electron chi connectivity index (χ2n) is 9.10. The van der Waals surface area contributed by atoms with Gasteiger partial charge in [-0.3, -0.25) is 9.35 Å². The Balaban J connectivity index is 1.42. The largest absolute Gasteiger partial charge is 0.507 e. The van der Waals surface area contributed by atoms with Gasteiger partial charge in [0, 0.05) is 21.5 Å². The summed E-state index contributed by atoms with van der Waals surface area (Å²) in [6.07, 6.45) is 0. The summed E-state index contributed by atoms with van der Waals surface area (Å²) in [5.74, 6) is -2.40. The zero-order chi connectivity index (χ0) is 33.0. The number of carboxylic acid groups (broad SMARTS) is 1. The third kappa shape index (κ3) is 7.58. The molecule has 0 spiro atoms. The molecule has 0 aliphatic heterocycles. The normalized spacial score (nSPS) is 11.3. The van der Waals surface area contributed by atoms with Crippen molar-refractivity contribution in [3.8, 4) is 5.75 Å². The van der Waals surface area contributed by atoms with E-state index in [9.17, 15) is 32.8 Å². The van der Waals surface area contributed by atoms with Gasteiger partial charge in [0.05, 0.1) is 33.9 Å². The van der Waals surface area contributed by atoms with Crippen molar-refractivity contribution in [3.63, 3.8) is 0 Å². The van der Waals surface area contributed by atoms with Crippen LogP contribution >= 0.6 is 23.6 Å². The van der Waals surface area contributed by atoms with Crippen LogP contribution in [0.3, 0.4) is 0 Å². The van der Waals surface area contributed by atoms with E-state index in [2.05, 4.69) is 40.3 Å². The minimum atomic E-state index is -4.74. The summed E-state index contributed by atoms with van der Waals surface area (Å²) >= 11 is 6.56. The minimum Gasteiger partial charge on any atom is -0.507 e. The summed E-state index contributed by atoms with van der Waals surface area (Å²) < 4.78 is 38.0. The van der Waals surface area contributed by atoms with Crippen LogP contribution in [0.25, 0.3) is 10.8 Å². The monoisotopic (exact) mass is 686 g/mol. The molecule has 0 saturated carbocycles. The average molecular weight is 687 g/mol. The van der Waals surface area contributed by atoms with E-state index < -0.39 is 32.6 Å². The number of carbonyl (C=O) groups excluding carboxylic acids is 1. The molecule has 0 unspecified atom stereocenters. The highest BCUT2D eigenvalue weighted by molar-refractivity contribution is 7.94. The molecule has 4 aromatic carbocycles. The van der Waals surface area contributed by atoms with E-state index in [0.29, 0.717) is 17.7 Å². The van der Waals surface area contributed by atoms with Crippen LogP contribution in [0.4, 0.5) is 29.0 Å². The van der Waals surface area contributed by atoms with E-state index in [4.69, 9.17) is 16.9 Å². The van der Waals surface area contributed by atoms with Crippen LogP contribution < -0.4 is 16.0 Å². The summed E-state index contributed by atoms with van der Waals surface area (Å²) in [4.78, 5) is 36.7. The quantitative estimate of drug-likeness (QED) is 0.0392. The smallest absolute Gasteiger partial charge is 0.337 e. The molecule has 5 rings (SSSR count). The Morgan fingerprint density at radius 2 is 1.63 bits per heavy atom. The number of nitrogens with one attached hydrogen (secondary N) is 3. The molecule has 7 N–H and O–H groups in total. The number of hydrogen-bond donors (Lipinski definition) is 7. The van der Waals surface area contributed by atoms with Gasteiger partial charge in [-0.15, -0.1) is 4.33 Å². The fraction of sp³-hybridized carbons (Fsp3) is 0. The molecule has 0 saturated heterocycles. The van der Waals surface area contributed by atoms with Crippen molar-refractivity contribution >= 4 is 85.4 Å². The maximum atomic E-state index is 13.3. The zero-order valence-electron chi connectivity index (χ0n) is 22.7. The first kappa shape index (κ1) is 32.3. The van der Waals surface area contributed by atoms with E-state index >= 15 is 0 Å². The molecule has 5 aromatic rings. The number of fused-ring (bicyclic) bond motifs is 1. The van der Waals surface area contributed by atoms with E-state index in [1.165, 1.54) is 42.5 Å². The van der Waals surface area contributed by atoms with Crippen molar-refractivity contribution in [1.29, 1.82) is 0 Å². The molecule has 0 fully saturated rings. The van der Waals surface area contributed by atoms with Gasteiger partial charge in [0.2, 0.25) is 17.2 Å². The number of aromatic nitrogens is 3. The predicted molar refractivity (Wildman–Crippen MR) is 165 cm³/mol. The number of amides is 1. The fourth-order valence-electron chi connectivity index (χ4n) is 4.21. The molecule has 1 heterocycles. The van der Waals surface area contributed by atoms with Gasteiger partial charge in [-0.25, -0.2) is 10.1 Å². The number of rotatable bonds is 11. The number of nitrogens with zero attached hydrogens (tertiary/aromatic N) is 3. The molecule has 1 aromatic heterocycles. The van der Waals surface area contributed by atoms with Crippen molar-refractivity contribution in [2.45, 2.75) is 9.79 Å². The van der Waals surface area contributed by atoms with E-state index in [0.717, 1.165) is 12.1 Å². The first-order valence-electron chi connectivity index (χ1n) is 12.5. The molecule has 236 valence electrons. The standard InChI is InChI=1S/C27H19ClN6O10S2/c28-25-32-26(34-27(33-25)31-19-7-2-1-6-18(19)24(37)38)29-15-5-3-4-13(8-15)23(36)30-20-12-17(46(40,41)42)10-14-9-16(45-44-43-39)11-21(35)22(14)20/h1-12,35,39H,(H,30,36)(H,37,38)(H,40,41,42)(H2,29,31,32,33,34). The summed E-state index contributed by atoms with van der Waals surface area (Å²) in [6, 6.07) is 16.7. The lowest BCUT2D eigenvalue weighted by Gasteiger charge is -2.14. The zero-order valence-corrected chi connectivity index (χ0v) is 25.1. The van der Waals surface area contributed by atoms with Gasteiger partial charge < -0.3 is 26.2 Å². The highest BCUT2D eigenvalue weighted by atomic mass is 35.5. The van der Waals surface area contributed by atoms with Crippen molar-refractivity contribution < 1.29 is 47.4 Å². The van der Waals surface area contributed by atoms with Crippen molar-refractivity contribution in [2.75, 3.05) is 16.0 Å². The first-order valence-corrected chi connectivity index (χ1v) is 15.1. The second-order valence-corrected chi connectivity index (χ2v) is 11.6. The highest BCUT2D eigenvalue weighted by Crippen LogP contribution is 2.38. The van der Waals surface area contributed by atoms with Crippen LogP contribution in [0.15, 0.2) is 82.6 Å². The number of phenols is 1. The van der Waals surface area contributed by atoms with Crippen LogP contribution in [0.1, 0.15) is 20.7 Å². The third-order valence-electron chi connectivity index (χ3n) is 6.07. The van der Waals surface area contributed by atoms with Gasteiger partial charge in [0.15, 0.2) is 0 Å². The summed E-state index contributed by atoms with van der Waals surface area (Å²) in [5.41, 5.74) is 0.424. The molecular weight excluding hydrogens is 668 g/mol. The van der Waals surface area contributed by atoms with Gasteiger partial charge in [-0.2, -0.15) is 23.4 Å². The number of anilines is 5. The topological polar surface area (TPSA) is 242 Å². The van der Waals surface area contributed by atoms with Crippen molar-refractivity contribution in [3.05, 3.63) is 89.2 Å². The Bertz CT molecular complexity index is 2100. The summed E-state index contributed by atoms with van der Waals surface area (Å²) in [7, 11) is -4.74. The Hall–Kier alpha value is -5.08.